The maximum atomic E-state index is 11.9. The zero-order chi connectivity index (χ0) is 17.6. The van der Waals surface area contributed by atoms with Crippen molar-refractivity contribution in [2.75, 3.05) is 6.54 Å². The lowest BCUT2D eigenvalue weighted by Crippen LogP contribution is -2.32. The van der Waals surface area contributed by atoms with E-state index in [9.17, 15) is 14.4 Å². The predicted octanol–water partition coefficient (Wildman–Crippen LogP) is 0.668. The zero-order valence-electron chi connectivity index (χ0n) is 13.3. The molecule has 0 spiro atoms. The molecule has 0 unspecified atom stereocenters. The summed E-state index contributed by atoms with van der Waals surface area (Å²) in [6, 6.07) is 5.20. The molecule has 3 aromatic rings. The normalized spacial score (nSPS) is 10.7. The monoisotopic (exact) mass is 359 g/mol. The van der Waals surface area contributed by atoms with Crippen LogP contribution in [0, 0.1) is 0 Å². The molecule has 0 fully saturated rings. The van der Waals surface area contributed by atoms with Crippen molar-refractivity contribution in [2.24, 2.45) is 0 Å². The minimum Gasteiger partial charge on any atom is -0.354 e. The Hall–Kier alpha value is -2.94. The summed E-state index contributed by atoms with van der Waals surface area (Å²) in [4.78, 5) is 36.5. The highest BCUT2D eigenvalue weighted by molar-refractivity contribution is 7.08. The van der Waals surface area contributed by atoms with Crippen LogP contribution in [0.1, 0.15) is 6.42 Å². The van der Waals surface area contributed by atoms with E-state index in [0.29, 0.717) is 13.1 Å². The molecule has 3 heterocycles. The van der Waals surface area contributed by atoms with Gasteiger partial charge in [-0.25, -0.2) is 4.79 Å². The highest BCUT2D eigenvalue weighted by Gasteiger charge is 2.05. The molecule has 0 aliphatic carbocycles. The van der Waals surface area contributed by atoms with Gasteiger partial charge in [-0.1, -0.05) is 0 Å². The van der Waals surface area contributed by atoms with Crippen molar-refractivity contribution >= 4 is 17.2 Å². The van der Waals surface area contributed by atoms with Crippen LogP contribution in [-0.2, 0) is 17.9 Å². The fourth-order valence-electron chi connectivity index (χ4n) is 2.29. The van der Waals surface area contributed by atoms with E-state index < -0.39 is 11.2 Å². The molecule has 0 saturated carbocycles. The lowest BCUT2D eigenvalue weighted by Gasteiger charge is -2.07. The third-order valence-corrected chi connectivity index (χ3v) is 4.28. The molecule has 1 amide bonds. The van der Waals surface area contributed by atoms with E-state index in [0.717, 1.165) is 11.3 Å². The van der Waals surface area contributed by atoms with Crippen molar-refractivity contribution in [1.82, 2.24) is 24.6 Å². The van der Waals surface area contributed by atoms with E-state index in [4.69, 9.17) is 0 Å². The lowest BCUT2D eigenvalue weighted by atomic mass is 10.2. The molecule has 0 atom stereocenters. The van der Waals surface area contributed by atoms with Gasteiger partial charge < -0.3 is 9.88 Å². The van der Waals surface area contributed by atoms with Crippen LogP contribution < -0.4 is 16.6 Å². The number of nitrogens with one attached hydrogen (secondary N) is 2. The Labute approximate surface area is 146 Å². The molecule has 0 aliphatic rings. The summed E-state index contributed by atoms with van der Waals surface area (Å²) >= 11 is 1.62. The number of thiophene rings is 1. The molecule has 0 saturated heterocycles. The van der Waals surface area contributed by atoms with Crippen molar-refractivity contribution in [3.05, 3.63) is 62.2 Å². The third kappa shape index (κ3) is 4.54. The minimum atomic E-state index is -0.516. The standard InChI is InChI=1S/C16H17N5O3S/c22-14(2-6-20-7-3-15(23)18-16(20)24)17-5-9-21-8-1-13(19-21)12-4-10-25-11-12/h1,3-4,7-8,10-11H,2,5-6,9H2,(H,17,22)(H,18,23,24). The Morgan fingerprint density at radius 1 is 1.20 bits per heavy atom. The first-order valence-electron chi connectivity index (χ1n) is 7.74. The van der Waals surface area contributed by atoms with Gasteiger partial charge in [0.15, 0.2) is 0 Å². The summed E-state index contributed by atoms with van der Waals surface area (Å²) in [6.07, 6.45) is 3.41. The van der Waals surface area contributed by atoms with Crippen LogP contribution in [0.5, 0.6) is 0 Å². The van der Waals surface area contributed by atoms with Crippen molar-refractivity contribution in [2.45, 2.75) is 19.5 Å². The van der Waals surface area contributed by atoms with Crippen molar-refractivity contribution in [3.8, 4) is 11.3 Å². The Kier molecular flexibility index (Phi) is 5.24. The zero-order valence-corrected chi connectivity index (χ0v) is 14.2. The van der Waals surface area contributed by atoms with Crippen LogP contribution >= 0.6 is 11.3 Å². The van der Waals surface area contributed by atoms with E-state index in [1.54, 1.807) is 16.0 Å². The Morgan fingerprint density at radius 2 is 2.08 bits per heavy atom. The van der Waals surface area contributed by atoms with Crippen molar-refractivity contribution in [3.63, 3.8) is 0 Å². The first-order chi connectivity index (χ1) is 12.1. The smallest absolute Gasteiger partial charge is 0.328 e. The number of aromatic nitrogens is 4. The fraction of sp³-hybridized carbons (Fsp3) is 0.250. The summed E-state index contributed by atoms with van der Waals surface area (Å²) in [7, 11) is 0. The molecule has 130 valence electrons. The third-order valence-electron chi connectivity index (χ3n) is 3.60. The number of nitrogens with zero attached hydrogens (tertiary/aromatic N) is 3. The fourth-order valence-corrected chi connectivity index (χ4v) is 2.94. The van der Waals surface area contributed by atoms with Gasteiger partial charge in [-0.2, -0.15) is 16.4 Å². The van der Waals surface area contributed by atoms with E-state index in [2.05, 4.69) is 15.4 Å². The molecule has 9 heteroatoms. The van der Waals surface area contributed by atoms with E-state index in [1.807, 2.05) is 29.1 Å². The molecule has 0 aromatic carbocycles. The summed E-state index contributed by atoms with van der Waals surface area (Å²) in [6.45, 7) is 1.23. The second kappa shape index (κ2) is 7.75. The van der Waals surface area contributed by atoms with E-state index in [1.165, 1.54) is 16.8 Å². The minimum absolute atomic E-state index is 0.158. The maximum absolute atomic E-state index is 11.9. The van der Waals surface area contributed by atoms with Crippen LogP contribution in [0.2, 0.25) is 0 Å². The first-order valence-corrected chi connectivity index (χ1v) is 8.68. The number of H-pyrrole nitrogens is 1. The number of amides is 1. The predicted molar refractivity (Wildman–Crippen MR) is 94.5 cm³/mol. The van der Waals surface area contributed by atoms with Crippen LogP contribution in [0.15, 0.2) is 50.9 Å². The van der Waals surface area contributed by atoms with Crippen molar-refractivity contribution in [1.29, 1.82) is 0 Å². The lowest BCUT2D eigenvalue weighted by molar-refractivity contribution is -0.121. The Bertz CT molecular complexity index is 955. The van der Waals surface area contributed by atoms with Gasteiger partial charge in [0.25, 0.3) is 5.56 Å². The molecule has 2 N–H and O–H groups in total. The van der Waals surface area contributed by atoms with Crippen LogP contribution in [0.3, 0.4) is 0 Å². The quantitative estimate of drug-likeness (QED) is 0.647. The maximum Gasteiger partial charge on any atom is 0.328 e. The number of carbonyl (C=O) groups excluding carboxylic acids is 1. The highest BCUT2D eigenvalue weighted by Crippen LogP contribution is 2.19. The van der Waals surface area contributed by atoms with Gasteiger partial charge >= 0.3 is 5.69 Å². The topological polar surface area (TPSA) is 102 Å². The Morgan fingerprint density at radius 3 is 2.84 bits per heavy atom. The second-order valence-corrected chi connectivity index (χ2v) is 6.16. The van der Waals surface area contributed by atoms with E-state index in [-0.39, 0.29) is 18.9 Å². The van der Waals surface area contributed by atoms with Gasteiger partial charge in [0, 0.05) is 48.9 Å². The number of hydrogen-bond acceptors (Lipinski definition) is 5. The average Bonchev–Trinajstić information content (AvgIpc) is 3.25. The molecule has 0 bridgehead atoms. The van der Waals surface area contributed by atoms with Crippen LogP contribution in [-0.4, -0.2) is 31.8 Å². The number of rotatable bonds is 7. The average molecular weight is 359 g/mol. The number of hydrogen-bond donors (Lipinski definition) is 2. The summed E-state index contributed by atoms with van der Waals surface area (Å²) in [5.74, 6) is -0.164. The van der Waals surface area contributed by atoms with E-state index >= 15 is 0 Å². The highest BCUT2D eigenvalue weighted by atomic mass is 32.1. The first kappa shape index (κ1) is 16.9. The molecule has 0 radical (unpaired) electrons. The van der Waals surface area contributed by atoms with Crippen molar-refractivity contribution < 1.29 is 4.79 Å². The number of aromatic amines is 1. The van der Waals surface area contributed by atoms with Gasteiger partial charge in [0.2, 0.25) is 5.91 Å². The van der Waals surface area contributed by atoms with Gasteiger partial charge in [-0.3, -0.25) is 19.3 Å². The molecule has 3 aromatic heterocycles. The number of aryl methyl sites for hydroxylation is 1. The summed E-state index contributed by atoms with van der Waals surface area (Å²) in [5, 5.41) is 11.3. The molecular formula is C16H17N5O3S. The molecule has 0 aliphatic heterocycles. The number of carbonyl (C=O) groups is 1. The molecule has 3 rings (SSSR count). The summed E-state index contributed by atoms with van der Waals surface area (Å²) in [5.41, 5.74) is 1.02. The van der Waals surface area contributed by atoms with Gasteiger partial charge in [0.1, 0.15) is 0 Å². The molecular weight excluding hydrogens is 342 g/mol. The molecule has 8 nitrogen and oxygen atoms in total. The van der Waals surface area contributed by atoms with Crippen LogP contribution in [0.25, 0.3) is 11.3 Å². The second-order valence-electron chi connectivity index (χ2n) is 5.38. The Balaban J connectivity index is 1.43. The SMILES string of the molecule is O=C(CCn1ccc(=O)[nH]c1=O)NCCn1ccc(-c2ccsc2)n1. The van der Waals surface area contributed by atoms with Gasteiger partial charge in [-0.15, -0.1) is 0 Å². The van der Waals surface area contributed by atoms with Gasteiger partial charge in [0.05, 0.1) is 12.2 Å². The largest absolute Gasteiger partial charge is 0.354 e. The van der Waals surface area contributed by atoms with Gasteiger partial charge in [-0.05, 0) is 17.5 Å². The molecule has 25 heavy (non-hydrogen) atoms. The summed E-state index contributed by atoms with van der Waals surface area (Å²) < 4.78 is 3.07. The van der Waals surface area contributed by atoms with Crippen LogP contribution in [0.4, 0.5) is 0 Å².